The first-order valence-electron chi connectivity index (χ1n) is 39.6. The van der Waals surface area contributed by atoms with Crippen molar-refractivity contribution in [1.82, 2.24) is 84.7 Å². The molecule has 622 valence electrons. The molecule has 0 unspecified atom stereocenters. The van der Waals surface area contributed by atoms with Crippen LogP contribution in [0.15, 0.2) is 422 Å². The third-order valence-corrected chi connectivity index (χ3v) is 15.2. The monoisotopic (exact) mass is 1620 g/mol. The summed E-state index contributed by atoms with van der Waals surface area (Å²) >= 11 is 0. The summed E-state index contributed by atoms with van der Waals surface area (Å²) in [4.78, 5) is 65.2. The van der Waals surface area contributed by atoms with Gasteiger partial charge in [-0.2, -0.15) is 0 Å². The maximum atomic E-state index is 3.98. The first-order chi connectivity index (χ1) is 59.3. The van der Waals surface area contributed by atoms with Gasteiger partial charge in [0.25, 0.3) is 0 Å². The van der Waals surface area contributed by atoms with Gasteiger partial charge in [0.1, 0.15) is 42.8 Å². The number of hydrogen-bond acceptors (Lipinski definition) is 17. The van der Waals surface area contributed by atoms with E-state index in [1.165, 1.54) is 97.3 Å². The second kappa shape index (κ2) is 68.1. The lowest BCUT2D eigenvalue weighted by molar-refractivity contribution is 0.974. The van der Waals surface area contributed by atoms with Gasteiger partial charge < -0.3 is 0 Å². The molecule has 0 amide bonds. The molecule has 0 saturated carbocycles. The van der Waals surface area contributed by atoms with E-state index in [0.717, 1.165) is 40.1 Å². The van der Waals surface area contributed by atoms with Gasteiger partial charge in [-0.1, -0.05) is 235 Å². The number of pyridine rings is 6. The number of benzene rings is 7. The van der Waals surface area contributed by atoms with Gasteiger partial charge in [0.2, 0.25) is 0 Å². The van der Waals surface area contributed by atoms with Crippen LogP contribution in [0, 0.1) is 111 Å². The van der Waals surface area contributed by atoms with E-state index in [-0.39, 0.29) is 0 Å². The second-order valence-corrected chi connectivity index (χ2v) is 26.6. The van der Waals surface area contributed by atoms with Crippen molar-refractivity contribution in [2.45, 2.75) is 111 Å². The lowest BCUT2D eigenvalue weighted by Gasteiger charge is -2.08. The van der Waals surface area contributed by atoms with Crippen LogP contribution >= 0.6 is 0 Å². The summed E-state index contributed by atoms with van der Waals surface area (Å²) in [6, 6.07) is 97.6. The Bertz CT molecular complexity index is 4230. The van der Waals surface area contributed by atoms with Gasteiger partial charge in [0.05, 0.1) is 0 Å². The van der Waals surface area contributed by atoms with Crippen LogP contribution in [0.25, 0.3) is 21.9 Å². The van der Waals surface area contributed by atoms with Crippen molar-refractivity contribution in [2.75, 3.05) is 0 Å². The molecular formula is C105H117N17. The molecule has 0 atom stereocenters. The van der Waals surface area contributed by atoms with Crippen molar-refractivity contribution in [2.24, 2.45) is 0 Å². The molecule has 0 aliphatic carbocycles. The molecule has 0 spiro atoms. The van der Waals surface area contributed by atoms with Crippen molar-refractivity contribution < 1.29 is 0 Å². The zero-order valence-electron chi connectivity index (χ0n) is 73.4. The minimum Gasteiger partial charge on any atom is -0.265 e. The van der Waals surface area contributed by atoms with Crippen molar-refractivity contribution >= 4 is 10.8 Å². The van der Waals surface area contributed by atoms with E-state index >= 15 is 0 Å². The zero-order valence-corrected chi connectivity index (χ0v) is 73.4. The highest BCUT2D eigenvalue weighted by molar-refractivity contribution is 5.97. The predicted molar refractivity (Wildman–Crippen MR) is 504 cm³/mol. The van der Waals surface area contributed by atoms with Crippen LogP contribution < -0.4 is 0 Å². The molecule has 17 heteroatoms. The molecule has 17 nitrogen and oxygen atoms in total. The molecule has 7 aromatic carbocycles. The summed E-state index contributed by atoms with van der Waals surface area (Å²) in [6.45, 7) is 32.0. The molecule has 122 heavy (non-hydrogen) atoms. The smallest absolute Gasteiger partial charge is 0.128 e. The molecule has 0 N–H and O–H groups in total. The average Bonchev–Trinajstić information content (AvgIpc) is 0.798. The Morgan fingerprint density at radius 3 is 0.721 bits per heavy atom. The fraction of sp³-hybridized carbons (Fsp3) is 0.152. The van der Waals surface area contributed by atoms with Crippen LogP contribution in [0.1, 0.15) is 90.2 Å². The molecule has 0 bridgehead atoms. The summed E-state index contributed by atoms with van der Waals surface area (Å²) < 4.78 is 0. The molecule has 0 radical (unpaired) electrons. The maximum Gasteiger partial charge on any atom is 0.128 e. The number of nitrogens with zero attached hydrogens (tertiary/aromatic N) is 17. The SMILES string of the molecule is Cc1cc(-c2ccccc2)c2ccccc2c1.Cc1ccccc1.Cc1ccccc1.Cc1ccccc1.Cc1ccccc1.Cc1ccccn1.Cc1ccccn1.Cc1cccnc1.Cc1cccnc1.Cc1ccncc1.Cc1ccncc1.Cc1ccncn1.Cc1cncnc1.Cc1ncccn1.Cc1ncccn1.Cc1ncncn1. The van der Waals surface area contributed by atoms with Crippen LogP contribution in [-0.2, 0) is 0 Å². The van der Waals surface area contributed by atoms with Crippen molar-refractivity contribution in [3.8, 4) is 11.1 Å². The number of fused-ring (bicyclic) bond motifs is 1. The van der Waals surface area contributed by atoms with Gasteiger partial charge in [0.15, 0.2) is 0 Å². The fourth-order valence-electron chi connectivity index (χ4n) is 8.87. The van der Waals surface area contributed by atoms with E-state index in [9.17, 15) is 0 Å². The van der Waals surface area contributed by atoms with Gasteiger partial charge in [0, 0.05) is 122 Å². The van der Waals surface area contributed by atoms with Gasteiger partial charge in [-0.05, 0) is 245 Å². The Balaban J connectivity index is 0.000000339. The molecule has 0 fully saturated rings. The van der Waals surface area contributed by atoms with Gasteiger partial charge in [-0.15, -0.1) is 0 Å². The van der Waals surface area contributed by atoms with Crippen molar-refractivity contribution in [1.29, 1.82) is 0 Å². The fourth-order valence-corrected chi connectivity index (χ4v) is 8.87. The standard InChI is InChI=1S/C17H14.4C7H8.6C6H7N.4C5H6N2.C4H5N3/c1-13-11-15-9-5-6-10-16(15)17(12-13)14-7-3-2-4-8-14;4*1-7-5-3-2-4-6-7;2*1-6-2-4-7-5-3-6;2*1-6-3-2-4-7-5-6;2*1-6-4-2-3-5-7-6;1-5-2-6-4-7-3-5;1-5-2-3-6-4-7-5;2*1-5-6-3-2-4-7-5;1-4-6-2-5-3-7-4/h2-12H,1H3;4*2-6H,1H3;6*2-5H,1H3;4*2-4H,1H3;2-3H,1H3. The molecule has 11 heterocycles. The molecule has 11 aromatic heterocycles. The topological polar surface area (TPSA) is 219 Å². The first kappa shape index (κ1) is 101. The average molecular weight is 1620 g/mol. The summed E-state index contributed by atoms with van der Waals surface area (Å²) in [5.74, 6) is 2.40. The largest absolute Gasteiger partial charge is 0.265 e. The summed E-state index contributed by atoms with van der Waals surface area (Å²) in [6.07, 6.45) is 36.1. The van der Waals surface area contributed by atoms with Crippen molar-refractivity contribution in [3.63, 3.8) is 0 Å². The third kappa shape index (κ3) is 58.0. The van der Waals surface area contributed by atoms with E-state index in [4.69, 9.17) is 0 Å². The van der Waals surface area contributed by atoms with Gasteiger partial charge >= 0.3 is 0 Å². The Morgan fingerprint density at radius 2 is 0.484 bits per heavy atom. The number of aryl methyl sites for hydroxylation is 16. The summed E-state index contributed by atoms with van der Waals surface area (Å²) in [5.41, 5.74) is 18.4. The Hall–Kier alpha value is -15.0. The van der Waals surface area contributed by atoms with Crippen LogP contribution in [0.5, 0.6) is 0 Å². The maximum absolute atomic E-state index is 3.98. The first-order valence-corrected chi connectivity index (χ1v) is 39.6. The van der Waals surface area contributed by atoms with E-state index in [2.05, 4.69) is 235 Å². The minimum absolute atomic E-state index is 0.759. The van der Waals surface area contributed by atoms with Crippen LogP contribution in [0.3, 0.4) is 0 Å². The second-order valence-electron chi connectivity index (χ2n) is 26.6. The highest BCUT2D eigenvalue weighted by Gasteiger charge is 2.04. The van der Waals surface area contributed by atoms with E-state index in [1.807, 2.05) is 252 Å². The minimum atomic E-state index is 0.759. The van der Waals surface area contributed by atoms with E-state index in [0.29, 0.717) is 0 Å². The molecule has 0 aliphatic rings. The van der Waals surface area contributed by atoms with E-state index in [1.54, 1.807) is 105 Å². The summed E-state index contributed by atoms with van der Waals surface area (Å²) in [7, 11) is 0. The number of aromatic nitrogens is 17. The highest BCUT2D eigenvalue weighted by atomic mass is 15.0. The lowest BCUT2D eigenvalue weighted by atomic mass is 9.96. The quantitative estimate of drug-likeness (QED) is 0.149. The van der Waals surface area contributed by atoms with Crippen LogP contribution in [0.2, 0.25) is 0 Å². The Kier molecular flexibility index (Phi) is 56.5. The molecule has 18 rings (SSSR count). The lowest BCUT2D eigenvalue weighted by Crippen LogP contribution is -1.84. The van der Waals surface area contributed by atoms with Crippen LogP contribution in [0.4, 0.5) is 0 Å². The highest BCUT2D eigenvalue weighted by Crippen LogP contribution is 2.30. The molecule has 0 saturated heterocycles. The molecule has 0 aliphatic heterocycles. The summed E-state index contributed by atoms with van der Waals surface area (Å²) in [5, 5.41) is 2.63. The molecule has 18 aromatic rings. The zero-order chi connectivity index (χ0) is 88.4. The third-order valence-electron chi connectivity index (χ3n) is 15.2. The Labute approximate surface area is 725 Å². The Morgan fingerprint density at radius 1 is 0.164 bits per heavy atom. The van der Waals surface area contributed by atoms with E-state index < -0.39 is 0 Å². The predicted octanol–water partition coefficient (Wildman–Crippen LogP) is 24.5. The number of rotatable bonds is 1. The molecular weight excluding hydrogens is 1500 g/mol. The number of hydrogen-bond donors (Lipinski definition) is 0. The van der Waals surface area contributed by atoms with Crippen molar-refractivity contribution in [3.05, 3.63) is 512 Å². The normalized spacial score (nSPS) is 8.98. The van der Waals surface area contributed by atoms with Gasteiger partial charge in [-0.3, -0.25) is 29.9 Å². The van der Waals surface area contributed by atoms with Gasteiger partial charge in [-0.25, -0.2) is 54.8 Å². The van der Waals surface area contributed by atoms with Crippen LogP contribution in [-0.4, -0.2) is 84.7 Å².